The maximum atomic E-state index is 12.6. The van der Waals surface area contributed by atoms with Gasteiger partial charge in [0.15, 0.2) is 16.7 Å². The Bertz CT molecular complexity index is 1070. The molecule has 0 aliphatic rings. The van der Waals surface area contributed by atoms with Crippen molar-refractivity contribution in [3.8, 4) is 23.0 Å². The standard InChI is InChI=1S/C22H19N3O3S/c1-2-27-18-12-10-16(11-13-18)19(26)15-29-22-24-23-21(20-9-6-14-28-20)25(22)17-7-4-3-5-8-17/h3-14H,2,15H2,1H3. The van der Waals surface area contributed by atoms with Gasteiger partial charge in [-0.05, 0) is 55.5 Å². The molecular weight excluding hydrogens is 386 g/mol. The van der Waals surface area contributed by atoms with Gasteiger partial charge in [-0.3, -0.25) is 9.36 Å². The minimum absolute atomic E-state index is 0.0141. The van der Waals surface area contributed by atoms with Crippen LogP contribution >= 0.6 is 11.8 Å². The zero-order valence-electron chi connectivity index (χ0n) is 15.8. The van der Waals surface area contributed by atoms with Gasteiger partial charge in [0.2, 0.25) is 5.82 Å². The van der Waals surface area contributed by atoms with Crippen molar-refractivity contribution >= 4 is 17.5 Å². The lowest BCUT2D eigenvalue weighted by atomic mass is 10.1. The predicted octanol–water partition coefficient (Wildman–Crippen LogP) is 4.90. The maximum Gasteiger partial charge on any atom is 0.205 e. The third-order valence-electron chi connectivity index (χ3n) is 4.21. The Balaban J connectivity index is 1.56. The first-order valence-electron chi connectivity index (χ1n) is 9.20. The number of ether oxygens (including phenoxy) is 1. The van der Waals surface area contributed by atoms with Gasteiger partial charge < -0.3 is 9.15 Å². The van der Waals surface area contributed by atoms with E-state index in [0.717, 1.165) is 11.4 Å². The smallest absolute Gasteiger partial charge is 0.205 e. The first-order valence-corrected chi connectivity index (χ1v) is 10.2. The molecule has 0 saturated heterocycles. The molecule has 0 saturated carbocycles. The number of benzene rings is 2. The molecule has 0 aliphatic carbocycles. The lowest BCUT2D eigenvalue weighted by Gasteiger charge is -2.09. The molecule has 146 valence electrons. The summed E-state index contributed by atoms with van der Waals surface area (Å²) in [5.41, 5.74) is 1.54. The molecule has 0 bridgehead atoms. The number of hydrogen-bond acceptors (Lipinski definition) is 6. The van der Waals surface area contributed by atoms with Crippen molar-refractivity contribution in [3.63, 3.8) is 0 Å². The van der Waals surface area contributed by atoms with Crippen molar-refractivity contribution in [2.24, 2.45) is 0 Å². The number of Topliss-reactive ketones (excluding diaryl/α,β-unsaturated/α-hetero) is 1. The van der Waals surface area contributed by atoms with Crippen LogP contribution < -0.4 is 4.74 Å². The van der Waals surface area contributed by atoms with E-state index in [-0.39, 0.29) is 11.5 Å². The van der Waals surface area contributed by atoms with Crippen LogP contribution in [-0.2, 0) is 0 Å². The molecule has 2 heterocycles. The van der Waals surface area contributed by atoms with Gasteiger partial charge in [0.25, 0.3) is 0 Å². The Morgan fingerprint density at radius 3 is 2.52 bits per heavy atom. The summed E-state index contributed by atoms with van der Waals surface area (Å²) in [6, 6.07) is 20.6. The number of thioether (sulfide) groups is 1. The molecule has 4 aromatic rings. The fourth-order valence-electron chi connectivity index (χ4n) is 2.86. The number of carbonyl (C=O) groups is 1. The normalized spacial score (nSPS) is 10.8. The molecule has 2 aromatic heterocycles. The zero-order chi connectivity index (χ0) is 20.1. The monoisotopic (exact) mass is 405 g/mol. The van der Waals surface area contributed by atoms with Crippen LogP contribution in [0.15, 0.2) is 82.6 Å². The van der Waals surface area contributed by atoms with E-state index in [1.165, 1.54) is 11.8 Å². The van der Waals surface area contributed by atoms with Gasteiger partial charge in [-0.1, -0.05) is 30.0 Å². The fourth-order valence-corrected chi connectivity index (χ4v) is 3.70. The molecule has 0 radical (unpaired) electrons. The molecule has 29 heavy (non-hydrogen) atoms. The number of carbonyl (C=O) groups excluding carboxylic acids is 1. The van der Waals surface area contributed by atoms with Gasteiger partial charge in [-0.25, -0.2) is 0 Å². The van der Waals surface area contributed by atoms with Gasteiger partial charge in [-0.15, -0.1) is 10.2 Å². The molecule has 0 amide bonds. The van der Waals surface area contributed by atoms with Crippen LogP contribution in [0.1, 0.15) is 17.3 Å². The van der Waals surface area contributed by atoms with E-state index >= 15 is 0 Å². The molecule has 0 atom stereocenters. The Morgan fingerprint density at radius 2 is 1.83 bits per heavy atom. The lowest BCUT2D eigenvalue weighted by molar-refractivity contribution is 0.102. The summed E-state index contributed by atoms with van der Waals surface area (Å²) in [6.45, 7) is 2.52. The van der Waals surface area contributed by atoms with Crippen molar-refractivity contribution in [1.29, 1.82) is 0 Å². The van der Waals surface area contributed by atoms with Gasteiger partial charge in [0.1, 0.15) is 5.75 Å². The summed E-state index contributed by atoms with van der Waals surface area (Å²) in [5, 5.41) is 9.21. The molecule has 0 N–H and O–H groups in total. The fraction of sp³-hybridized carbons (Fsp3) is 0.136. The second-order valence-electron chi connectivity index (χ2n) is 6.12. The molecule has 4 rings (SSSR count). The second-order valence-corrected chi connectivity index (χ2v) is 7.07. The van der Waals surface area contributed by atoms with Crippen LogP contribution in [0, 0.1) is 0 Å². The van der Waals surface area contributed by atoms with Crippen LogP contribution in [-0.4, -0.2) is 32.9 Å². The van der Waals surface area contributed by atoms with Crippen molar-refractivity contribution in [2.45, 2.75) is 12.1 Å². The predicted molar refractivity (Wildman–Crippen MR) is 112 cm³/mol. The quantitative estimate of drug-likeness (QED) is 0.307. The highest BCUT2D eigenvalue weighted by atomic mass is 32.2. The van der Waals surface area contributed by atoms with Crippen LogP contribution in [0.5, 0.6) is 5.75 Å². The molecule has 0 unspecified atom stereocenters. The van der Waals surface area contributed by atoms with E-state index in [1.54, 1.807) is 18.4 Å². The average molecular weight is 405 g/mol. The maximum absolute atomic E-state index is 12.6. The third-order valence-corrected chi connectivity index (χ3v) is 5.14. The number of aromatic nitrogens is 3. The number of hydrogen-bond donors (Lipinski definition) is 0. The number of nitrogens with zero attached hydrogens (tertiary/aromatic N) is 3. The summed E-state index contributed by atoms with van der Waals surface area (Å²) in [7, 11) is 0. The summed E-state index contributed by atoms with van der Waals surface area (Å²) in [6.07, 6.45) is 1.60. The first kappa shape index (κ1) is 19.0. The lowest BCUT2D eigenvalue weighted by Crippen LogP contribution is -2.05. The van der Waals surface area contributed by atoms with E-state index in [4.69, 9.17) is 9.15 Å². The highest BCUT2D eigenvalue weighted by Gasteiger charge is 2.19. The molecule has 2 aromatic carbocycles. The Hall–Kier alpha value is -3.32. The second kappa shape index (κ2) is 8.79. The van der Waals surface area contributed by atoms with Crippen molar-refractivity contribution in [3.05, 3.63) is 78.6 Å². The minimum atomic E-state index is 0.0141. The molecule has 6 nitrogen and oxygen atoms in total. The van der Waals surface area contributed by atoms with Crippen molar-refractivity contribution < 1.29 is 13.9 Å². The average Bonchev–Trinajstić information content (AvgIpc) is 3.43. The van der Waals surface area contributed by atoms with Crippen LogP contribution in [0.3, 0.4) is 0 Å². The number of furan rings is 1. The van der Waals surface area contributed by atoms with Gasteiger partial charge in [0, 0.05) is 11.3 Å². The van der Waals surface area contributed by atoms with Gasteiger partial charge in [0.05, 0.1) is 18.6 Å². The van der Waals surface area contributed by atoms with E-state index in [1.807, 2.05) is 66.1 Å². The number of para-hydroxylation sites is 1. The third kappa shape index (κ3) is 4.25. The molecule has 0 fully saturated rings. The summed E-state index contributed by atoms with van der Waals surface area (Å²) < 4.78 is 12.8. The van der Waals surface area contributed by atoms with Crippen molar-refractivity contribution in [1.82, 2.24) is 14.8 Å². The SMILES string of the molecule is CCOc1ccc(C(=O)CSc2nnc(-c3ccco3)n2-c2ccccc2)cc1. The molecule has 7 heteroatoms. The van der Waals surface area contributed by atoms with Gasteiger partial charge >= 0.3 is 0 Å². The van der Waals surface area contributed by atoms with E-state index in [0.29, 0.717) is 28.9 Å². The van der Waals surface area contributed by atoms with E-state index in [2.05, 4.69) is 10.2 Å². The first-order chi connectivity index (χ1) is 14.3. The topological polar surface area (TPSA) is 70.2 Å². The van der Waals surface area contributed by atoms with Gasteiger partial charge in [-0.2, -0.15) is 0 Å². The minimum Gasteiger partial charge on any atom is -0.494 e. The highest BCUT2D eigenvalue weighted by molar-refractivity contribution is 7.99. The number of rotatable bonds is 8. The molecular formula is C22H19N3O3S. The Kier molecular flexibility index (Phi) is 5.76. The highest BCUT2D eigenvalue weighted by Crippen LogP contribution is 2.28. The summed E-state index contributed by atoms with van der Waals surface area (Å²) >= 11 is 1.34. The Morgan fingerprint density at radius 1 is 1.03 bits per heavy atom. The van der Waals surface area contributed by atoms with Crippen LogP contribution in [0.25, 0.3) is 17.3 Å². The van der Waals surface area contributed by atoms with E-state index < -0.39 is 0 Å². The summed E-state index contributed by atoms with van der Waals surface area (Å²) in [5.74, 6) is 2.23. The molecule has 0 spiro atoms. The summed E-state index contributed by atoms with van der Waals surface area (Å²) in [4.78, 5) is 12.6. The molecule has 0 aliphatic heterocycles. The van der Waals surface area contributed by atoms with E-state index in [9.17, 15) is 4.79 Å². The zero-order valence-corrected chi connectivity index (χ0v) is 16.6. The van der Waals surface area contributed by atoms with Crippen molar-refractivity contribution in [2.75, 3.05) is 12.4 Å². The van der Waals surface area contributed by atoms with Crippen LogP contribution in [0.2, 0.25) is 0 Å². The Labute approximate surface area is 172 Å². The number of ketones is 1. The largest absolute Gasteiger partial charge is 0.494 e. The van der Waals surface area contributed by atoms with Crippen LogP contribution in [0.4, 0.5) is 0 Å².